The van der Waals surface area contributed by atoms with E-state index in [4.69, 9.17) is 4.74 Å². The fourth-order valence-corrected chi connectivity index (χ4v) is 2.36. The molecule has 1 aromatic rings. The Balaban J connectivity index is 3.05. The van der Waals surface area contributed by atoms with Gasteiger partial charge in [-0.05, 0) is 12.1 Å². The summed E-state index contributed by atoms with van der Waals surface area (Å²) in [7, 11) is 0. The number of carbonyl (C=O) groups is 1. The Labute approximate surface area is 93.5 Å². The topological polar surface area (TPSA) is 26.3 Å². The maximum Gasteiger partial charge on any atom is 0.308 e. The van der Waals surface area contributed by atoms with Gasteiger partial charge in [-0.15, -0.1) is 0 Å². The summed E-state index contributed by atoms with van der Waals surface area (Å²) < 4.78 is 5.95. The van der Waals surface area contributed by atoms with E-state index in [0.717, 1.165) is 10.0 Å². The molecule has 0 bridgehead atoms. The van der Waals surface area contributed by atoms with Crippen LogP contribution in [0.3, 0.4) is 0 Å². The first-order valence-electron chi connectivity index (χ1n) is 3.67. The molecule has 0 atom stereocenters. The minimum absolute atomic E-state index is 0.305. The van der Waals surface area contributed by atoms with E-state index in [-0.39, 0.29) is 5.97 Å². The van der Waals surface area contributed by atoms with Crippen LogP contribution in [0.1, 0.15) is 12.5 Å². The molecule has 0 N–H and O–H groups in total. The van der Waals surface area contributed by atoms with Gasteiger partial charge in [0.15, 0.2) is 0 Å². The molecule has 0 saturated heterocycles. The third-order valence-electron chi connectivity index (χ3n) is 1.46. The van der Waals surface area contributed by atoms with Crippen molar-refractivity contribution in [2.75, 3.05) is 0 Å². The van der Waals surface area contributed by atoms with Crippen LogP contribution in [0.2, 0.25) is 0 Å². The first-order chi connectivity index (χ1) is 6.15. The molecule has 0 spiro atoms. The van der Waals surface area contributed by atoms with Crippen molar-refractivity contribution in [1.29, 1.82) is 0 Å². The molecule has 1 rings (SSSR count). The Kier molecular flexibility index (Phi) is 3.93. The average Bonchev–Trinajstić information content (AvgIpc) is 2.03. The third kappa shape index (κ3) is 2.81. The van der Waals surface area contributed by atoms with Crippen LogP contribution in [0.25, 0.3) is 0 Å². The molecule has 2 nitrogen and oxygen atoms in total. The first-order valence-corrected chi connectivity index (χ1v) is 5.58. The summed E-state index contributed by atoms with van der Waals surface area (Å²) in [5.74, 6) is 0.291. The van der Waals surface area contributed by atoms with E-state index in [1.165, 1.54) is 6.92 Å². The van der Waals surface area contributed by atoms with Gasteiger partial charge in [0, 0.05) is 22.3 Å². The molecule has 1 aromatic carbocycles. The van der Waals surface area contributed by atoms with Crippen LogP contribution < -0.4 is 4.74 Å². The van der Waals surface area contributed by atoms with E-state index < -0.39 is 0 Å². The molecule has 0 radical (unpaired) electrons. The molecule has 0 unspecified atom stereocenters. The molecule has 0 aliphatic carbocycles. The second kappa shape index (κ2) is 4.77. The van der Waals surface area contributed by atoms with Crippen molar-refractivity contribution in [2.45, 2.75) is 12.3 Å². The molecule has 4 heteroatoms. The van der Waals surface area contributed by atoms with Crippen molar-refractivity contribution < 1.29 is 9.53 Å². The zero-order valence-electron chi connectivity index (χ0n) is 7.01. The number of hydrogen-bond donors (Lipinski definition) is 0. The van der Waals surface area contributed by atoms with Gasteiger partial charge < -0.3 is 4.74 Å². The number of esters is 1. The van der Waals surface area contributed by atoms with Crippen LogP contribution >= 0.6 is 31.9 Å². The highest BCUT2D eigenvalue weighted by molar-refractivity contribution is 9.10. The summed E-state index contributed by atoms with van der Waals surface area (Å²) >= 11 is 6.70. The molecule has 13 heavy (non-hydrogen) atoms. The van der Waals surface area contributed by atoms with Crippen molar-refractivity contribution >= 4 is 37.8 Å². The molecule has 0 heterocycles. The predicted molar refractivity (Wildman–Crippen MR) is 58.1 cm³/mol. The fourth-order valence-electron chi connectivity index (χ4n) is 0.919. The molecule has 0 amide bonds. The van der Waals surface area contributed by atoms with Crippen molar-refractivity contribution in [3.8, 4) is 5.75 Å². The zero-order valence-corrected chi connectivity index (χ0v) is 10.2. The quantitative estimate of drug-likeness (QED) is 0.476. The number of ether oxygens (including phenoxy) is 1. The van der Waals surface area contributed by atoms with Crippen LogP contribution in [0, 0.1) is 0 Å². The second-order valence-electron chi connectivity index (χ2n) is 2.44. The molecule has 0 aromatic heterocycles. The molecular formula is C9H8Br2O2. The molecular weight excluding hydrogens is 300 g/mol. The summed E-state index contributed by atoms with van der Waals surface area (Å²) in [6.45, 7) is 1.39. The van der Waals surface area contributed by atoms with Gasteiger partial charge in [-0.25, -0.2) is 0 Å². The Morgan fingerprint density at radius 3 is 2.77 bits per heavy atom. The van der Waals surface area contributed by atoms with Crippen LogP contribution in [-0.4, -0.2) is 5.97 Å². The summed E-state index contributed by atoms with van der Waals surface area (Å²) in [5, 5.41) is 0.650. The third-order valence-corrected chi connectivity index (χ3v) is 2.77. The van der Waals surface area contributed by atoms with Gasteiger partial charge in [0.2, 0.25) is 0 Å². The van der Waals surface area contributed by atoms with Crippen LogP contribution in [0.15, 0.2) is 22.7 Å². The molecule has 0 saturated carbocycles. The average molecular weight is 308 g/mol. The first kappa shape index (κ1) is 10.7. The molecule has 70 valence electrons. The smallest absolute Gasteiger partial charge is 0.308 e. The van der Waals surface area contributed by atoms with E-state index in [0.29, 0.717) is 11.1 Å². The van der Waals surface area contributed by atoms with Crippen LogP contribution in [0.4, 0.5) is 0 Å². The SMILES string of the molecule is CC(=O)Oc1cccc(Br)c1CBr. The van der Waals surface area contributed by atoms with Crippen molar-refractivity contribution in [3.63, 3.8) is 0 Å². The lowest BCUT2D eigenvalue weighted by molar-refractivity contribution is -0.131. The predicted octanol–water partition coefficient (Wildman–Crippen LogP) is 3.27. The van der Waals surface area contributed by atoms with E-state index in [2.05, 4.69) is 31.9 Å². The Morgan fingerprint density at radius 1 is 1.54 bits per heavy atom. The summed E-state index contributed by atoms with van der Waals surface area (Å²) in [6.07, 6.45) is 0. The Hall–Kier alpha value is -0.350. The Morgan fingerprint density at radius 2 is 2.23 bits per heavy atom. The van der Waals surface area contributed by atoms with E-state index in [9.17, 15) is 4.79 Å². The minimum Gasteiger partial charge on any atom is -0.426 e. The van der Waals surface area contributed by atoms with Gasteiger partial charge in [-0.3, -0.25) is 4.79 Å². The highest BCUT2D eigenvalue weighted by Gasteiger charge is 2.07. The minimum atomic E-state index is -0.305. The van der Waals surface area contributed by atoms with Gasteiger partial charge in [0.05, 0.1) is 0 Å². The normalized spacial score (nSPS) is 9.77. The van der Waals surface area contributed by atoms with E-state index in [1.807, 2.05) is 12.1 Å². The second-order valence-corrected chi connectivity index (χ2v) is 3.86. The monoisotopic (exact) mass is 306 g/mol. The standard InChI is InChI=1S/C9H8Br2O2/c1-6(12)13-9-4-2-3-8(11)7(9)5-10/h2-4H,5H2,1H3. The largest absolute Gasteiger partial charge is 0.426 e. The van der Waals surface area contributed by atoms with Crippen molar-refractivity contribution in [3.05, 3.63) is 28.2 Å². The maximum absolute atomic E-state index is 10.7. The van der Waals surface area contributed by atoms with Crippen LogP contribution in [0.5, 0.6) is 5.75 Å². The summed E-state index contributed by atoms with van der Waals surface area (Å²) in [5.41, 5.74) is 0.942. The number of benzene rings is 1. The van der Waals surface area contributed by atoms with Crippen molar-refractivity contribution in [2.24, 2.45) is 0 Å². The molecule has 0 fully saturated rings. The number of rotatable bonds is 2. The van der Waals surface area contributed by atoms with Gasteiger partial charge >= 0.3 is 5.97 Å². The van der Waals surface area contributed by atoms with Crippen molar-refractivity contribution in [1.82, 2.24) is 0 Å². The van der Waals surface area contributed by atoms with Gasteiger partial charge in [0.25, 0.3) is 0 Å². The van der Waals surface area contributed by atoms with Gasteiger partial charge in [-0.1, -0.05) is 37.9 Å². The molecule has 0 aliphatic rings. The highest BCUT2D eigenvalue weighted by Crippen LogP contribution is 2.28. The lowest BCUT2D eigenvalue weighted by Gasteiger charge is -2.07. The fraction of sp³-hybridized carbons (Fsp3) is 0.222. The van der Waals surface area contributed by atoms with Gasteiger partial charge in [0.1, 0.15) is 5.75 Å². The lowest BCUT2D eigenvalue weighted by atomic mass is 10.2. The summed E-state index contributed by atoms with van der Waals surface area (Å²) in [6, 6.07) is 5.50. The number of halogens is 2. The van der Waals surface area contributed by atoms with E-state index >= 15 is 0 Å². The lowest BCUT2D eigenvalue weighted by Crippen LogP contribution is -2.03. The van der Waals surface area contributed by atoms with Gasteiger partial charge in [-0.2, -0.15) is 0 Å². The van der Waals surface area contributed by atoms with Crippen LogP contribution in [-0.2, 0) is 10.1 Å². The zero-order chi connectivity index (χ0) is 9.84. The maximum atomic E-state index is 10.7. The highest BCUT2D eigenvalue weighted by atomic mass is 79.9. The number of alkyl halides is 1. The summed E-state index contributed by atoms with van der Waals surface area (Å²) in [4.78, 5) is 10.7. The molecule has 0 aliphatic heterocycles. The number of carbonyl (C=O) groups excluding carboxylic acids is 1. The number of hydrogen-bond acceptors (Lipinski definition) is 2. The van der Waals surface area contributed by atoms with E-state index in [1.54, 1.807) is 6.07 Å². The Bertz CT molecular complexity index is 323.